The van der Waals surface area contributed by atoms with Crippen LogP contribution in [0, 0.1) is 0 Å². The number of unbranched alkanes of at least 4 members (excludes halogenated alkanes) is 9. The minimum Gasteiger partial charge on any atom is -0.480 e. The summed E-state index contributed by atoms with van der Waals surface area (Å²) < 4.78 is 0.938. The van der Waals surface area contributed by atoms with Crippen LogP contribution in [0.4, 0.5) is 0 Å². The molecule has 0 fully saturated rings. The van der Waals surface area contributed by atoms with Crippen molar-refractivity contribution < 1.29 is 9.90 Å². The van der Waals surface area contributed by atoms with E-state index in [1.807, 2.05) is 0 Å². The van der Waals surface area contributed by atoms with Gasteiger partial charge in [-0.25, -0.2) is 0 Å². The largest absolute Gasteiger partial charge is 0.480 e. The van der Waals surface area contributed by atoms with E-state index in [0.717, 1.165) is 17.0 Å². The van der Waals surface area contributed by atoms with E-state index in [2.05, 4.69) is 6.92 Å². The van der Waals surface area contributed by atoms with E-state index in [1.54, 1.807) is 6.92 Å². The van der Waals surface area contributed by atoms with Crippen LogP contribution in [0.2, 0.25) is 0 Å². The Labute approximate surface area is 143 Å². The molecule has 0 aromatic rings. The highest BCUT2D eigenvalue weighted by Crippen LogP contribution is 2.30. The van der Waals surface area contributed by atoms with Gasteiger partial charge in [-0.3, -0.25) is 4.79 Å². The first kappa shape index (κ1) is 21.3. The molecule has 0 aliphatic rings. The summed E-state index contributed by atoms with van der Waals surface area (Å²) in [5.74, 6) is -0.769. The van der Waals surface area contributed by atoms with Gasteiger partial charge in [-0.05, 0) is 30.6 Å². The molecule has 0 saturated heterocycles. The molecule has 124 valence electrons. The van der Waals surface area contributed by atoms with Gasteiger partial charge in [-0.15, -0.1) is 0 Å². The Morgan fingerprint density at radius 1 is 1.00 bits per heavy atom. The molecule has 0 saturated carbocycles. The topological polar surface area (TPSA) is 37.3 Å². The second-order valence-corrected chi connectivity index (χ2v) is 8.85. The molecule has 0 aromatic carbocycles. The van der Waals surface area contributed by atoms with Crippen LogP contribution >= 0.6 is 33.8 Å². The molecular weight excluding hydrogens is 320 g/mol. The van der Waals surface area contributed by atoms with Crippen LogP contribution in [0.3, 0.4) is 0 Å². The summed E-state index contributed by atoms with van der Waals surface area (Å²) in [6, 6.07) is 0. The van der Waals surface area contributed by atoms with Crippen molar-refractivity contribution in [1.29, 1.82) is 0 Å². The normalized spacial score (nSPS) is 12.3. The number of hydrogen-bond acceptors (Lipinski definition) is 4. The first-order valence-corrected chi connectivity index (χ1v) is 10.8. The average Bonchev–Trinajstić information content (AvgIpc) is 2.46. The summed E-state index contributed by atoms with van der Waals surface area (Å²) in [6.45, 7) is 3.95. The minimum atomic E-state index is -0.769. The maximum atomic E-state index is 10.7. The number of aliphatic carboxylic acids is 1. The fraction of sp³-hybridized carbons (Fsp3) is 0.875. The molecule has 1 atom stereocenters. The van der Waals surface area contributed by atoms with Gasteiger partial charge >= 0.3 is 5.97 Å². The summed E-state index contributed by atoms with van der Waals surface area (Å²) >= 11 is 5.27. The predicted octanol–water partition coefficient (Wildman–Crippen LogP) is 6.48. The zero-order valence-electron chi connectivity index (χ0n) is 13.4. The highest BCUT2D eigenvalue weighted by molar-refractivity contribution is 8.84. The van der Waals surface area contributed by atoms with Gasteiger partial charge in [0.05, 0.1) is 4.20 Å². The standard InChI is InChI=1S/C16H30O2S3/c1-3-4-5-6-7-8-9-10-11-12-13-15(19)21-20-14(2)16(17)18/h14H,3-13H2,1-2H3,(H,17,18). The summed E-state index contributed by atoms with van der Waals surface area (Å²) in [6.07, 6.45) is 14.2. The molecule has 5 heteroatoms. The van der Waals surface area contributed by atoms with Crippen molar-refractivity contribution >= 4 is 44.0 Å². The maximum Gasteiger partial charge on any atom is 0.317 e. The Balaban J connectivity index is 3.27. The van der Waals surface area contributed by atoms with Crippen molar-refractivity contribution in [3.63, 3.8) is 0 Å². The molecule has 0 spiro atoms. The molecule has 1 N–H and O–H groups in total. The van der Waals surface area contributed by atoms with E-state index in [-0.39, 0.29) is 5.25 Å². The Morgan fingerprint density at radius 2 is 1.48 bits per heavy atom. The molecule has 0 amide bonds. The molecule has 0 aromatic heterocycles. The van der Waals surface area contributed by atoms with Gasteiger partial charge in [0, 0.05) is 0 Å². The number of carboxylic acids is 1. The smallest absolute Gasteiger partial charge is 0.317 e. The lowest BCUT2D eigenvalue weighted by molar-refractivity contribution is -0.136. The lowest BCUT2D eigenvalue weighted by Crippen LogP contribution is -2.10. The molecule has 1 unspecified atom stereocenters. The zero-order chi connectivity index (χ0) is 15.9. The molecule has 0 aliphatic carbocycles. The number of rotatable bonds is 14. The summed E-state index contributed by atoms with van der Waals surface area (Å²) in [7, 11) is 2.81. The average molecular weight is 351 g/mol. The lowest BCUT2D eigenvalue weighted by atomic mass is 10.1. The SMILES string of the molecule is CCCCCCCCCCCCC(=S)SSC(C)C(=O)O. The van der Waals surface area contributed by atoms with Crippen LogP contribution in [-0.4, -0.2) is 20.5 Å². The summed E-state index contributed by atoms with van der Waals surface area (Å²) in [5.41, 5.74) is 0. The summed E-state index contributed by atoms with van der Waals surface area (Å²) in [5, 5.41) is 8.39. The van der Waals surface area contributed by atoms with E-state index < -0.39 is 5.97 Å². The molecule has 0 heterocycles. The Morgan fingerprint density at radius 3 is 1.95 bits per heavy atom. The van der Waals surface area contributed by atoms with E-state index >= 15 is 0 Å². The van der Waals surface area contributed by atoms with Gasteiger partial charge in [-0.1, -0.05) is 87.7 Å². The number of carbonyl (C=O) groups is 1. The van der Waals surface area contributed by atoms with Gasteiger partial charge in [0.1, 0.15) is 5.25 Å². The van der Waals surface area contributed by atoms with Crippen molar-refractivity contribution in [3.8, 4) is 0 Å². The second-order valence-electron chi connectivity index (χ2n) is 5.46. The van der Waals surface area contributed by atoms with Gasteiger partial charge in [0.15, 0.2) is 0 Å². The molecule has 0 rings (SSSR count). The number of hydrogen-bond donors (Lipinski definition) is 1. The van der Waals surface area contributed by atoms with Crippen LogP contribution in [-0.2, 0) is 4.79 Å². The van der Waals surface area contributed by atoms with Crippen LogP contribution in [0.5, 0.6) is 0 Å². The maximum absolute atomic E-state index is 10.7. The fourth-order valence-corrected chi connectivity index (χ4v) is 4.28. The first-order valence-electron chi connectivity index (χ1n) is 8.17. The molecule has 0 aliphatic heterocycles. The quantitative estimate of drug-likeness (QED) is 0.220. The number of carboxylic acid groups (broad SMARTS) is 1. The van der Waals surface area contributed by atoms with Crippen molar-refractivity contribution in [2.45, 2.75) is 89.7 Å². The Bertz CT molecular complexity index is 283. The molecule has 2 nitrogen and oxygen atoms in total. The van der Waals surface area contributed by atoms with Crippen LogP contribution in [0.1, 0.15) is 84.5 Å². The van der Waals surface area contributed by atoms with Gasteiger partial charge < -0.3 is 5.11 Å². The number of thiocarbonyl (C=S) groups is 1. The van der Waals surface area contributed by atoms with Crippen LogP contribution in [0.25, 0.3) is 0 Å². The van der Waals surface area contributed by atoms with E-state index in [0.29, 0.717) is 0 Å². The predicted molar refractivity (Wildman–Crippen MR) is 101 cm³/mol. The van der Waals surface area contributed by atoms with Gasteiger partial charge in [0.2, 0.25) is 0 Å². The molecule has 0 radical (unpaired) electrons. The van der Waals surface area contributed by atoms with Crippen molar-refractivity contribution in [2.24, 2.45) is 0 Å². The third kappa shape index (κ3) is 14.9. The van der Waals surface area contributed by atoms with E-state index in [1.165, 1.54) is 79.4 Å². The Kier molecular flexibility index (Phi) is 15.4. The molecular formula is C16H30O2S3. The molecule has 21 heavy (non-hydrogen) atoms. The monoisotopic (exact) mass is 350 g/mol. The van der Waals surface area contributed by atoms with E-state index in [9.17, 15) is 4.79 Å². The van der Waals surface area contributed by atoms with Gasteiger partial charge in [0.25, 0.3) is 0 Å². The third-order valence-electron chi connectivity index (χ3n) is 3.37. The fourth-order valence-electron chi connectivity index (χ4n) is 1.97. The van der Waals surface area contributed by atoms with Crippen molar-refractivity contribution in [3.05, 3.63) is 0 Å². The third-order valence-corrected chi connectivity index (χ3v) is 6.87. The molecule has 0 bridgehead atoms. The van der Waals surface area contributed by atoms with Crippen molar-refractivity contribution in [1.82, 2.24) is 0 Å². The lowest BCUT2D eigenvalue weighted by Gasteiger charge is -2.06. The minimum absolute atomic E-state index is 0.388. The van der Waals surface area contributed by atoms with Crippen LogP contribution < -0.4 is 0 Å². The second kappa shape index (κ2) is 15.2. The highest BCUT2D eigenvalue weighted by atomic mass is 33.1. The van der Waals surface area contributed by atoms with Crippen LogP contribution in [0.15, 0.2) is 0 Å². The highest BCUT2D eigenvalue weighted by Gasteiger charge is 2.12. The van der Waals surface area contributed by atoms with Gasteiger partial charge in [-0.2, -0.15) is 0 Å². The summed E-state index contributed by atoms with van der Waals surface area (Å²) in [4.78, 5) is 10.7. The van der Waals surface area contributed by atoms with E-state index in [4.69, 9.17) is 17.3 Å². The Hall–Kier alpha value is 0.260. The van der Waals surface area contributed by atoms with Crippen molar-refractivity contribution in [2.75, 3.05) is 0 Å². The zero-order valence-corrected chi connectivity index (χ0v) is 15.9. The first-order chi connectivity index (χ1) is 10.1.